The van der Waals surface area contributed by atoms with Crippen molar-refractivity contribution >= 4 is 13.5 Å². The van der Waals surface area contributed by atoms with Gasteiger partial charge in [0.15, 0.2) is 0 Å². The van der Waals surface area contributed by atoms with Crippen molar-refractivity contribution in [2.45, 2.75) is 19.3 Å². The number of hydrogen-bond donors (Lipinski definition) is 0. The molecule has 0 atom stereocenters. The van der Waals surface area contributed by atoms with E-state index in [1.807, 2.05) is 0 Å². The normalized spacial score (nSPS) is 18.0. The minimum Gasteiger partial charge on any atom is -0.813 e. The number of thiol groups is 1. The molecule has 0 N–H and O–H groups in total. The summed E-state index contributed by atoms with van der Waals surface area (Å²) in [5, 5.41) is 4.18. The molecule has 0 aromatic carbocycles. The molecular weight excluding hydrogens is 151 g/mol. The van der Waals surface area contributed by atoms with Crippen LogP contribution in [0.5, 0.6) is 0 Å². The molecular formula is C5H11NSSc-2. The fourth-order valence-electron chi connectivity index (χ4n) is 0.736. The van der Waals surface area contributed by atoms with Crippen molar-refractivity contribution in [1.29, 1.82) is 0 Å². The first kappa shape index (κ1) is 11.9. The summed E-state index contributed by atoms with van der Waals surface area (Å²) in [6.07, 6.45) is 4.07. The van der Waals surface area contributed by atoms with Crippen LogP contribution in [0.4, 0.5) is 0 Å². The summed E-state index contributed by atoms with van der Waals surface area (Å²) in [4.78, 5) is 0. The van der Waals surface area contributed by atoms with Crippen molar-refractivity contribution in [3.8, 4) is 0 Å². The molecule has 8 heavy (non-hydrogen) atoms. The SMILES string of the molecule is C1CC[N-]CC1.[SH-].[Sc]. The van der Waals surface area contributed by atoms with E-state index in [2.05, 4.69) is 5.32 Å². The first-order chi connectivity index (χ1) is 3.00. The summed E-state index contributed by atoms with van der Waals surface area (Å²) >= 11 is 0. The Kier molecular flexibility index (Phi) is 12.2. The quantitative estimate of drug-likeness (QED) is 0.386. The van der Waals surface area contributed by atoms with Gasteiger partial charge < -0.3 is 18.8 Å². The molecule has 0 saturated carbocycles. The Morgan fingerprint density at radius 1 is 0.875 bits per heavy atom. The fourth-order valence-corrected chi connectivity index (χ4v) is 0.736. The van der Waals surface area contributed by atoms with Crippen LogP contribution in [0.25, 0.3) is 5.32 Å². The summed E-state index contributed by atoms with van der Waals surface area (Å²) in [6.45, 7) is 2.25. The molecule has 0 aromatic heterocycles. The molecule has 1 radical (unpaired) electrons. The molecule has 0 unspecified atom stereocenters. The van der Waals surface area contributed by atoms with Gasteiger partial charge in [0.25, 0.3) is 0 Å². The van der Waals surface area contributed by atoms with Crippen LogP contribution in [-0.2, 0) is 39.3 Å². The van der Waals surface area contributed by atoms with Gasteiger partial charge in [-0.2, -0.15) is 0 Å². The van der Waals surface area contributed by atoms with Gasteiger partial charge in [0.1, 0.15) is 0 Å². The third-order valence-corrected chi connectivity index (χ3v) is 1.13. The predicted octanol–water partition coefficient (Wildman–Crippen LogP) is 1.27. The number of nitrogens with zero attached hydrogens (tertiary/aromatic N) is 1. The van der Waals surface area contributed by atoms with Crippen LogP contribution in [0.3, 0.4) is 0 Å². The molecule has 0 amide bonds. The van der Waals surface area contributed by atoms with Gasteiger partial charge in [-0.1, -0.05) is 19.3 Å². The molecule has 3 heteroatoms. The maximum absolute atomic E-state index is 4.18. The Morgan fingerprint density at radius 2 is 1.38 bits per heavy atom. The minimum absolute atomic E-state index is 0. The summed E-state index contributed by atoms with van der Waals surface area (Å²) in [5.41, 5.74) is 0. The molecule has 47 valence electrons. The average molecular weight is 162 g/mol. The van der Waals surface area contributed by atoms with Crippen LogP contribution in [-0.4, -0.2) is 13.1 Å². The summed E-state index contributed by atoms with van der Waals surface area (Å²) in [6, 6.07) is 0. The van der Waals surface area contributed by atoms with Crippen LogP contribution >= 0.6 is 0 Å². The summed E-state index contributed by atoms with van der Waals surface area (Å²) in [7, 11) is 0. The number of piperidine rings is 1. The molecule has 1 heterocycles. The van der Waals surface area contributed by atoms with Gasteiger partial charge in [-0.25, -0.2) is 0 Å². The maximum atomic E-state index is 4.18. The Morgan fingerprint density at radius 3 is 1.50 bits per heavy atom. The van der Waals surface area contributed by atoms with Crippen LogP contribution in [0, 0.1) is 0 Å². The molecule has 1 nitrogen and oxygen atoms in total. The van der Waals surface area contributed by atoms with Crippen LogP contribution in [0.2, 0.25) is 0 Å². The predicted molar refractivity (Wildman–Crippen MR) is 35.7 cm³/mol. The van der Waals surface area contributed by atoms with E-state index in [0.717, 1.165) is 13.1 Å². The van der Waals surface area contributed by atoms with E-state index in [9.17, 15) is 0 Å². The molecule has 1 aliphatic heterocycles. The third-order valence-electron chi connectivity index (χ3n) is 1.13. The largest absolute Gasteiger partial charge is 0.813 e. The summed E-state index contributed by atoms with van der Waals surface area (Å²) < 4.78 is 0. The molecule has 0 bridgehead atoms. The maximum Gasteiger partial charge on any atom is 0 e. The molecule has 1 aliphatic rings. The zero-order valence-corrected chi connectivity index (χ0v) is 7.70. The Labute approximate surface area is 76.8 Å². The van der Waals surface area contributed by atoms with Gasteiger partial charge in [-0.05, 0) is 0 Å². The first-order valence-electron chi connectivity index (χ1n) is 2.63. The topological polar surface area (TPSA) is 14.1 Å². The zero-order chi connectivity index (χ0) is 4.24. The fraction of sp³-hybridized carbons (Fsp3) is 1.00. The van der Waals surface area contributed by atoms with Crippen molar-refractivity contribution in [3.05, 3.63) is 5.32 Å². The van der Waals surface area contributed by atoms with Crippen molar-refractivity contribution in [2.75, 3.05) is 13.1 Å². The summed E-state index contributed by atoms with van der Waals surface area (Å²) in [5.74, 6) is 0. The Hall–Kier alpha value is 1.18. The van der Waals surface area contributed by atoms with Crippen molar-refractivity contribution < 1.29 is 25.8 Å². The molecule has 1 saturated heterocycles. The van der Waals surface area contributed by atoms with E-state index >= 15 is 0 Å². The standard InChI is InChI=1S/C5H10N.H2S.Sc/c1-2-4-6-5-3-1;;/h1-5H2;1H2;/q-1;;/p-1. The molecule has 0 aromatic rings. The average Bonchev–Trinajstić information content (AvgIpc) is 1.72. The van der Waals surface area contributed by atoms with E-state index in [4.69, 9.17) is 0 Å². The second kappa shape index (κ2) is 8.18. The van der Waals surface area contributed by atoms with E-state index in [0.29, 0.717) is 0 Å². The van der Waals surface area contributed by atoms with E-state index in [1.165, 1.54) is 19.3 Å². The van der Waals surface area contributed by atoms with Gasteiger partial charge in [0, 0.05) is 25.8 Å². The van der Waals surface area contributed by atoms with Gasteiger partial charge in [-0.3, -0.25) is 0 Å². The second-order valence-corrected chi connectivity index (χ2v) is 1.73. The van der Waals surface area contributed by atoms with E-state index in [1.54, 1.807) is 0 Å². The van der Waals surface area contributed by atoms with Crippen molar-refractivity contribution in [3.63, 3.8) is 0 Å². The smallest absolute Gasteiger partial charge is 0 e. The number of rotatable bonds is 0. The van der Waals surface area contributed by atoms with Crippen molar-refractivity contribution in [2.24, 2.45) is 0 Å². The second-order valence-electron chi connectivity index (χ2n) is 1.73. The first-order valence-corrected chi connectivity index (χ1v) is 2.63. The van der Waals surface area contributed by atoms with Crippen LogP contribution < -0.4 is 0 Å². The molecule has 0 aliphatic carbocycles. The van der Waals surface area contributed by atoms with Gasteiger partial charge in [0.05, 0.1) is 0 Å². The van der Waals surface area contributed by atoms with E-state index < -0.39 is 0 Å². The Bertz CT molecular complexity index is 27.9. The van der Waals surface area contributed by atoms with Crippen molar-refractivity contribution in [1.82, 2.24) is 0 Å². The van der Waals surface area contributed by atoms with Gasteiger partial charge >= 0.3 is 0 Å². The molecule has 0 spiro atoms. The molecule has 1 rings (SSSR count). The van der Waals surface area contributed by atoms with Gasteiger partial charge in [-0.15, -0.1) is 13.1 Å². The van der Waals surface area contributed by atoms with Gasteiger partial charge in [0.2, 0.25) is 0 Å². The van der Waals surface area contributed by atoms with E-state index in [-0.39, 0.29) is 39.3 Å². The van der Waals surface area contributed by atoms with Crippen LogP contribution in [0.15, 0.2) is 0 Å². The van der Waals surface area contributed by atoms with Crippen LogP contribution in [0.1, 0.15) is 19.3 Å². The number of hydrogen-bond acceptors (Lipinski definition) is 1. The minimum atomic E-state index is 0. The molecule has 1 fully saturated rings. The Balaban J connectivity index is 0. The monoisotopic (exact) mass is 162 g/mol. The third kappa shape index (κ3) is 5.32. The zero-order valence-electron chi connectivity index (χ0n) is 5.01.